The Labute approximate surface area is 219 Å². The van der Waals surface area contributed by atoms with E-state index in [1.165, 1.54) is 6.07 Å². The number of hydrogen-bond donors (Lipinski definition) is 2. The van der Waals surface area contributed by atoms with E-state index in [9.17, 15) is 5.11 Å². The van der Waals surface area contributed by atoms with Gasteiger partial charge in [0.15, 0.2) is 17.8 Å². The number of likely N-dealkylation sites (N-methyl/N-ethyl adjacent to an activating group) is 1. The van der Waals surface area contributed by atoms with Gasteiger partial charge >= 0.3 is 0 Å². The third kappa shape index (κ3) is 4.98. The predicted octanol–water partition coefficient (Wildman–Crippen LogP) is 3.88. The molecule has 0 amide bonds. The van der Waals surface area contributed by atoms with Crippen molar-refractivity contribution in [2.75, 3.05) is 40.5 Å². The normalized spacial score (nSPS) is 22.8. The van der Waals surface area contributed by atoms with Gasteiger partial charge in [-0.2, -0.15) is 0 Å². The molecule has 0 saturated carbocycles. The van der Waals surface area contributed by atoms with Crippen molar-refractivity contribution in [1.29, 1.82) is 0 Å². The number of aliphatic hydroxyl groups is 1. The molecule has 6 rings (SSSR count). The minimum atomic E-state index is -0.646. The first-order valence-electron chi connectivity index (χ1n) is 12.7. The molecule has 2 aromatic heterocycles. The predicted molar refractivity (Wildman–Crippen MR) is 141 cm³/mol. The van der Waals surface area contributed by atoms with E-state index in [-0.39, 0.29) is 30.6 Å². The summed E-state index contributed by atoms with van der Waals surface area (Å²) in [5, 5.41) is 9.93. The van der Waals surface area contributed by atoms with Gasteiger partial charge < -0.3 is 33.9 Å². The highest BCUT2D eigenvalue weighted by Gasteiger charge is 2.48. The summed E-state index contributed by atoms with van der Waals surface area (Å²) < 4.78 is 38.1. The Morgan fingerprint density at radius 3 is 2.39 bits per heavy atom. The monoisotopic (exact) mass is 519 g/mol. The molecular weight excluding hydrogens is 489 g/mol. The first-order chi connectivity index (χ1) is 18.4. The van der Waals surface area contributed by atoms with Gasteiger partial charge in [0, 0.05) is 24.2 Å². The van der Waals surface area contributed by atoms with Crippen LogP contribution in [0.15, 0.2) is 60.7 Å². The van der Waals surface area contributed by atoms with Crippen LogP contribution in [0.5, 0.6) is 11.6 Å². The number of halogens is 1. The van der Waals surface area contributed by atoms with E-state index in [1.54, 1.807) is 6.07 Å². The van der Waals surface area contributed by atoms with Crippen LogP contribution in [0.1, 0.15) is 0 Å². The Hall–Kier alpha value is -3.50. The molecule has 2 aromatic carbocycles. The van der Waals surface area contributed by atoms with Gasteiger partial charge in [-0.1, -0.05) is 36.4 Å². The van der Waals surface area contributed by atoms with Crippen LogP contribution in [0.25, 0.3) is 33.4 Å². The first kappa shape index (κ1) is 24.8. The fourth-order valence-corrected chi connectivity index (χ4v) is 4.89. The SMILES string of the molecule is CN(C)CCOc1ccc(-c2ccc(-c3nc4cc(O[C@@H]5COC6[C@H](O)CO[C@@H]65)[nH]c4cc3F)cc2)cc1. The largest absolute Gasteiger partial charge is 0.492 e. The van der Waals surface area contributed by atoms with Gasteiger partial charge in [0.1, 0.15) is 36.4 Å². The maximum absolute atomic E-state index is 15.1. The van der Waals surface area contributed by atoms with Gasteiger partial charge in [-0.05, 0) is 37.4 Å². The molecule has 0 radical (unpaired) electrons. The molecule has 2 aliphatic rings. The quantitative estimate of drug-likeness (QED) is 0.365. The maximum atomic E-state index is 15.1. The highest BCUT2D eigenvalue weighted by molar-refractivity contribution is 5.81. The van der Waals surface area contributed by atoms with Crippen molar-refractivity contribution in [1.82, 2.24) is 14.9 Å². The number of aliphatic hydroxyl groups excluding tert-OH is 1. The molecule has 0 bridgehead atoms. The third-order valence-electron chi connectivity index (χ3n) is 6.94. The van der Waals surface area contributed by atoms with Crippen LogP contribution in [0.3, 0.4) is 0 Å². The zero-order valence-corrected chi connectivity index (χ0v) is 21.3. The molecule has 0 spiro atoms. The molecule has 1 unspecified atom stereocenters. The van der Waals surface area contributed by atoms with Crippen LogP contribution in [-0.4, -0.2) is 84.9 Å². The second-order valence-electron chi connectivity index (χ2n) is 9.96. The van der Waals surface area contributed by atoms with Crippen molar-refractivity contribution in [3.05, 3.63) is 66.5 Å². The number of H-pyrrole nitrogens is 1. The van der Waals surface area contributed by atoms with Gasteiger partial charge in [0.05, 0.1) is 24.2 Å². The van der Waals surface area contributed by atoms with E-state index < -0.39 is 11.9 Å². The third-order valence-corrected chi connectivity index (χ3v) is 6.94. The molecule has 2 saturated heterocycles. The van der Waals surface area contributed by atoms with E-state index in [4.69, 9.17) is 18.9 Å². The first-order valence-corrected chi connectivity index (χ1v) is 12.7. The van der Waals surface area contributed by atoms with E-state index in [1.807, 2.05) is 62.6 Å². The van der Waals surface area contributed by atoms with E-state index >= 15 is 4.39 Å². The number of aromatic amines is 1. The van der Waals surface area contributed by atoms with Crippen LogP contribution in [0.2, 0.25) is 0 Å². The lowest BCUT2D eigenvalue weighted by Gasteiger charge is -2.16. The molecule has 4 heterocycles. The summed E-state index contributed by atoms with van der Waals surface area (Å²) >= 11 is 0. The number of benzene rings is 2. The standard InChI is InChI=1S/C29H30FN3O5/c1-33(2)11-12-35-20-9-7-18(8-10-20)17-3-5-19(6-4-17)27-21(30)13-22-23(32-27)14-26(31-22)38-25-16-37-28-24(34)15-36-29(25)28/h3-10,13-14,24-25,28-29,31,34H,11-12,15-16H2,1-2H3/t24-,25-,28?,29-/m1/s1. The average molecular weight is 520 g/mol. The van der Waals surface area contributed by atoms with Crippen molar-refractivity contribution in [2.24, 2.45) is 0 Å². The Bertz CT molecular complexity index is 1410. The van der Waals surface area contributed by atoms with Crippen molar-refractivity contribution in [2.45, 2.75) is 24.4 Å². The Kier molecular flexibility index (Phi) is 6.75. The molecule has 38 heavy (non-hydrogen) atoms. The highest BCUT2D eigenvalue weighted by Crippen LogP contribution is 2.32. The Morgan fingerprint density at radius 2 is 1.66 bits per heavy atom. The Morgan fingerprint density at radius 1 is 0.974 bits per heavy atom. The smallest absolute Gasteiger partial charge is 0.193 e. The lowest BCUT2D eigenvalue weighted by Crippen LogP contribution is -2.34. The molecule has 2 aliphatic heterocycles. The maximum Gasteiger partial charge on any atom is 0.193 e. The summed E-state index contributed by atoms with van der Waals surface area (Å²) in [5.41, 5.74) is 4.14. The van der Waals surface area contributed by atoms with E-state index in [2.05, 4.69) is 14.9 Å². The molecule has 2 fully saturated rings. The fourth-order valence-electron chi connectivity index (χ4n) is 4.89. The minimum absolute atomic E-state index is 0.230. The molecule has 4 atom stereocenters. The zero-order chi connectivity index (χ0) is 26.2. The number of pyridine rings is 1. The van der Waals surface area contributed by atoms with Crippen molar-refractivity contribution in [3.8, 4) is 34.0 Å². The summed E-state index contributed by atoms with van der Waals surface area (Å²) in [7, 11) is 4.03. The lowest BCUT2D eigenvalue weighted by atomic mass is 10.0. The fraction of sp³-hybridized carbons (Fsp3) is 0.345. The van der Waals surface area contributed by atoms with Crippen molar-refractivity contribution >= 4 is 11.0 Å². The number of rotatable bonds is 8. The van der Waals surface area contributed by atoms with Gasteiger partial charge in [-0.25, -0.2) is 9.37 Å². The van der Waals surface area contributed by atoms with Crippen molar-refractivity contribution in [3.63, 3.8) is 0 Å². The van der Waals surface area contributed by atoms with E-state index in [0.29, 0.717) is 35.7 Å². The van der Waals surface area contributed by atoms with Gasteiger partial charge in [0.2, 0.25) is 0 Å². The number of hydrogen-bond acceptors (Lipinski definition) is 7. The molecule has 198 valence electrons. The van der Waals surface area contributed by atoms with Crippen LogP contribution in [0.4, 0.5) is 4.39 Å². The average Bonchev–Trinajstić information content (AvgIpc) is 3.60. The van der Waals surface area contributed by atoms with Crippen LogP contribution in [0, 0.1) is 5.82 Å². The summed E-state index contributed by atoms with van der Waals surface area (Å²) in [6.45, 7) is 2.03. The van der Waals surface area contributed by atoms with Crippen molar-refractivity contribution < 1.29 is 28.4 Å². The molecule has 0 aliphatic carbocycles. The van der Waals surface area contributed by atoms with Gasteiger partial charge in [0.25, 0.3) is 0 Å². The molecule has 4 aromatic rings. The number of fused-ring (bicyclic) bond motifs is 2. The Balaban J connectivity index is 1.16. The zero-order valence-electron chi connectivity index (χ0n) is 21.3. The van der Waals surface area contributed by atoms with Crippen LogP contribution >= 0.6 is 0 Å². The van der Waals surface area contributed by atoms with Crippen LogP contribution < -0.4 is 9.47 Å². The van der Waals surface area contributed by atoms with E-state index in [0.717, 1.165) is 23.4 Å². The molecule has 9 heteroatoms. The minimum Gasteiger partial charge on any atom is -0.492 e. The number of nitrogens with one attached hydrogen (secondary N) is 1. The topological polar surface area (TPSA) is 89.1 Å². The van der Waals surface area contributed by atoms with Gasteiger partial charge in [-0.3, -0.25) is 0 Å². The van der Waals surface area contributed by atoms with Crippen LogP contribution in [-0.2, 0) is 9.47 Å². The highest BCUT2D eigenvalue weighted by atomic mass is 19.1. The second-order valence-corrected chi connectivity index (χ2v) is 9.96. The summed E-state index contributed by atoms with van der Waals surface area (Å²) in [6.07, 6.45) is -1.72. The lowest BCUT2D eigenvalue weighted by molar-refractivity contribution is 0.00794. The van der Waals surface area contributed by atoms with Gasteiger partial charge in [-0.15, -0.1) is 0 Å². The molecule has 8 nitrogen and oxygen atoms in total. The summed E-state index contributed by atoms with van der Waals surface area (Å²) in [4.78, 5) is 9.72. The molecule has 2 N–H and O–H groups in total. The number of ether oxygens (including phenoxy) is 4. The number of nitrogens with zero attached hydrogens (tertiary/aromatic N) is 2. The summed E-state index contributed by atoms with van der Waals surface area (Å²) in [5.74, 6) is 0.854. The number of aromatic nitrogens is 2. The summed E-state index contributed by atoms with van der Waals surface area (Å²) in [6, 6.07) is 18.8. The molecular formula is C29H30FN3O5. The second kappa shape index (κ2) is 10.3.